The Labute approximate surface area is 105 Å². The predicted octanol–water partition coefficient (Wildman–Crippen LogP) is 0.0555. The molecule has 0 unspecified atom stereocenters. The van der Waals surface area contributed by atoms with Crippen molar-refractivity contribution in [1.29, 1.82) is 0 Å². The Morgan fingerprint density at radius 3 is 2.61 bits per heavy atom. The molecule has 1 rings (SSSR count). The van der Waals surface area contributed by atoms with E-state index in [1.165, 1.54) is 6.20 Å². The van der Waals surface area contributed by atoms with Gasteiger partial charge in [0, 0.05) is 19.8 Å². The molecule has 0 atom stereocenters. The van der Waals surface area contributed by atoms with E-state index in [4.69, 9.17) is 5.11 Å². The third-order valence-electron chi connectivity index (χ3n) is 2.47. The molecule has 7 heteroatoms. The average Bonchev–Trinajstić information content (AvgIpc) is 2.34. The summed E-state index contributed by atoms with van der Waals surface area (Å²) in [5.74, 6) is -0.864. The Balaban J connectivity index is 2.97. The van der Waals surface area contributed by atoms with Crippen LogP contribution in [0.1, 0.15) is 23.0 Å². The van der Waals surface area contributed by atoms with Gasteiger partial charge in [-0.05, 0) is 13.8 Å². The summed E-state index contributed by atoms with van der Waals surface area (Å²) in [6, 6.07) is 0. The van der Waals surface area contributed by atoms with Gasteiger partial charge in [-0.2, -0.15) is 0 Å². The maximum absolute atomic E-state index is 11.3. The summed E-state index contributed by atoms with van der Waals surface area (Å²) in [7, 11) is 1.55. The third kappa shape index (κ3) is 3.16. The molecular formula is C11H16N4O3. The number of carbonyl (C=O) groups excluding carboxylic acids is 1. The maximum Gasteiger partial charge on any atom is 0.339 e. The van der Waals surface area contributed by atoms with Gasteiger partial charge < -0.3 is 15.3 Å². The molecule has 1 aromatic heterocycles. The van der Waals surface area contributed by atoms with E-state index in [1.54, 1.807) is 18.9 Å². The third-order valence-corrected chi connectivity index (χ3v) is 2.47. The zero-order valence-corrected chi connectivity index (χ0v) is 10.6. The number of hydrogen-bond donors (Lipinski definition) is 2. The van der Waals surface area contributed by atoms with E-state index in [0.29, 0.717) is 18.2 Å². The van der Waals surface area contributed by atoms with E-state index < -0.39 is 5.97 Å². The zero-order chi connectivity index (χ0) is 13.7. The second-order valence-corrected chi connectivity index (χ2v) is 3.66. The molecule has 0 fully saturated rings. The highest BCUT2D eigenvalue weighted by Crippen LogP contribution is 2.10. The lowest BCUT2D eigenvalue weighted by molar-refractivity contribution is -0.119. The first-order valence-corrected chi connectivity index (χ1v) is 5.52. The largest absolute Gasteiger partial charge is 0.478 e. The number of carboxylic acids is 1. The quantitative estimate of drug-likeness (QED) is 0.769. The van der Waals surface area contributed by atoms with Gasteiger partial charge in [-0.25, -0.2) is 14.8 Å². The number of rotatable bonds is 5. The summed E-state index contributed by atoms with van der Waals surface area (Å²) in [5.41, 5.74) is 0.442. The van der Waals surface area contributed by atoms with Crippen LogP contribution in [-0.2, 0) is 4.79 Å². The number of carbonyl (C=O) groups is 2. The van der Waals surface area contributed by atoms with Gasteiger partial charge in [0.05, 0.1) is 17.8 Å². The SMILES string of the molecule is CCN(CC(=O)NC)c1ncc(C(=O)O)c(C)n1. The summed E-state index contributed by atoms with van der Waals surface area (Å²) in [4.78, 5) is 31.9. The molecule has 0 spiro atoms. The minimum Gasteiger partial charge on any atom is -0.478 e. The highest BCUT2D eigenvalue weighted by atomic mass is 16.4. The Kier molecular flexibility index (Phi) is 4.59. The molecule has 1 heterocycles. The Hall–Kier alpha value is -2.18. The lowest BCUT2D eigenvalue weighted by Crippen LogP contribution is -2.36. The van der Waals surface area contributed by atoms with E-state index in [9.17, 15) is 9.59 Å². The van der Waals surface area contributed by atoms with Crippen LogP contribution in [0.3, 0.4) is 0 Å². The molecule has 1 amide bonds. The van der Waals surface area contributed by atoms with Crippen LogP contribution in [0.5, 0.6) is 0 Å². The van der Waals surface area contributed by atoms with Gasteiger partial charge in [0.25, 0.3) is 0 Å². The molecule has 7 nitrogen and oxygen atoms in total. The van der Waals surface area contributed by atoms with Gasteiger partial charge in [0.1, 0.15) is 0 Å². The van der Waals surface area contributed by atoms with Crippen LogP contribution in [-0.4, -0.2) is 47.1 Å². The minimum absolute atomic E-state index is 0.0646. The fourth-order valence-corrected chi connectivity index (χ4v) is 1.39. The predicted molar refractivity (Wildman–Crippen MR) is 65.7 cm³/mol. The molecule has 0 aliphatic heterocycles. The standard InChI is InChI=1S/C11H16N4O3/c1-4-15(6-9(16)12-3)11-13-5-8(10(17)18)7(2)14-11/h5H,4,6H2,1-3H3,(H,12,16)(H,17,18). The van der Waals surface area contributed by atoms with Crippen molar-refractivity contribution in [3.05, 3.63) is 17.5 Å². The molecule has 0 aromatic carbocycles. The van der Waals surface area contributed by atoms with Gasteiger partial charge in [0.15, 0.2) is 0 Å². The van der Waals surface area contributed by atoms with Gasteiger partial charge in [-0.15, -0.1) is 0 Å². The first-order valence-electron chi connectivity index (χ1n) is 5.52. The average molecular weight is 252 g/mol. The molecule has 18 heavy (non-hydrogen) atoms. The summed E-state index contributed by atoms with van der Waals surface area (Å²) < 4.78 is 0. The first-order chi connectivity index (χ1) is 8.49. The van der Waals surface area contributed by atoms with Crippen LogP contribution in [0.25, 0.3) is 0 Å². The Morgan fingerprint density at radius 1 is 1.50 bits per heavy atom. The van der Waals surface area contributed by atoms with E-state index in [0.717, 1.165) is 0 Å². The fourth-order valence-electron chi connectivity index (χ4n) is 1.39. The molecule has 0 saturated heterocycles. The molecule has 1 aromatic rings. The second kappa shape index (κ2) is 5.95. The molecule has 0 radical (unpaired) electrons. The highest BCUT2D eigenvalue weighted by molar-refractivity contribution is 5.88. The van der Waals surface area contributed by atoms with Crippen molar-refractivity contribution in [1.82, 2.24) is 15.3 Å². The Morgan fingerprint density at radius 2 is 2.17 bits per heavy atom. The van der Waals surface area contributed by atoms with E-state index in [-0.39, 0.29) is 18.0 Å². The highest BCUT2D eigenvalue weighted by Gasteiger charge is 2.15. The molecule has 0 aliphatic rings. The first kappa shape index (κ1) is 13.9. The van der Waals surface area contributed by atoms with E-state index in [1.807, 2.05) is 6.92 Å². The number of anilines is 1. The van der Waals surface area contributed by atoms with Crippen molar-refractivity contribution >= 4 is 17.8 Å². The molecule has 0 aliphatic carbocycles. The number of likely N-dealkylation sites (N-methyl/N-ethyl adjacent to an activating group) is 2. The topological polar surface area (TPSA) is 95.4 Å². The van der Waals surface area contributed by atoms with Crippen molar-refractivity contribution in [2.45, 2.75) is 13.8 Å². The summed E-state index contributed by atoms with van der Waals surface area (Å²) in [6.07, 6.45) is 1.26. The normalized spacial score (nSPS) is 9.94. The van der Waals surface area contributed by atoms with Gasteiger partial charge in [-0.1, -0.05) is 0 Å². The number of nitrogens with zero attached hydrogens (tertiary/aromatic N) is 3. The van der Waals surface area contributed by atoms with Crippen LogP contribution in [0.2, 0.25) is 0 Å². The fraction of sp³-hybridized carbons (Fsp3) is 0.455. The summed E-state index contributed by atoms with van der Waals surface area (Å²) in [5, 5.41) is 11.4. The summed E-state index contributed by atoms with van der Waals surface area (Å²) >= 11 is 0. The lowest BCUT2D eigenvalue weighted by Gasteiger charge is -2.20. The number of aromatic carboxylic acids is 1. The van der Waals surface area contributed by atoms with Gasteiger partial charge in [-0.3, -0.25) is 4.79 Å². The molecule has 2 N–H and O–H groups in total. The van der Waals surface area contributed by atoms with Crippen LogP contribution in [0.15, 0.2) is 6.20 Å². The van der Waals surface area contributed by atoms with Crippen molar-refractivity contribution in [2.75, 3.05) is 25.0 Å². The number of amides is 1. The zero-order valence-electron chi connectivity index (χ0n) is 10.6. The van der Waals surface area contributed by atoms with E-state index in [2.05, 4.69) is 15.3 Å². The minimum atomic E-state index is -1.06. The van der Waals surface area contributed by atoms with Crippen LogP contribution >= 0.6 is 0 Å². The number of carboxylic acid groups (broad SMARTS) is 1. The van der Waals surface area contributed by atoms with Crippen LogP contribution < -0.4 is 10.2 Å². The molecule has 0 bridgehead atoms. The Bertz CT molecular complexity index is 462. The number of nitrogens with one attached hydrogen (secondary N) is 1. The monoisotopic (exact) mass is 252 g/mol. The van der Waals surface area contributed by atoms with Crippen molar-refractivity contribution < 1.29 is 14.7 Å². The van der Waals surface area contributed by atoms with Crippen molar-refractivity contribution in [2.24, 2.45) is 0 Å². The maximum atomic E-state index is 11.3. The van der Waals surface area contributed by atoms with Crippen molar-refractivity contribution in [3.8, 4) is 0 Å². The van der Waals surface area contributed by atoms with Crippen LogP contribution in [0, 0.1) is 6.92 Å². The van der Waals surface area contributed by atoms with Crippen LogP contribution in [0.4, 0.5) is 5.95 Å². The smallest absolute Gasteiger partial charge is 0.339 e. The molecular weight excluding hydrogens is 236 g/mol. The number of aryl methyl sites for hydroxylation is 1. The molecule has 98 valence electrons. The van der Waals surface area contributed by atoms with E-state index >= 15 is 0 Å². The summed E-state index contributed by atoms with van der Waals surface area (Å²) in [6.45, 7) is 4.16. The van der Waals surface area contributed by atoms with Gasteiger partial charge >= 0.3 is 5.97 Å². The van der Waals surface area contributed by atoms with Gasteiger partial charge in [0.2, 0.25) is 11.9 Å². The lowest BCUT2D eigenvalue weighted by atomic mass is 10.2. The molecule has 0 saturated carbocycles. The second-order valence-electron chi connectivity index (χ2n) is 3.66. The van der Waals surface area contributed by atoms with Crippen molar-refractivity contribution in [3.63, 3.8) is 0 Å². The number of hydrogen-bond acceptors (Lipinski definition) is 5. The number of aromatic nitrogens is 2.